The van der Waals surface area contributed by atoms with Crippen LogP contribution in [0.1, 0.15) is 12.8 Å². The summed E-state index contributed by atoms with van der Waals surface area (Å²) in [5.74, 6) is 0. The molecule has 0 aromatic carbocycles. The minimum absolute atomic E-state index is 0. The third-order valence-corrected chi connectivity index (χ3v) is 1.17. The first-order valence-electron chi connectivity index (χ1n) is 3.43. The second kappa shape index (κ2) is 14.3. The van der Waals surface area contributed by atoms with Crippen LogP contribution in [0.25, 0.3) is 0 Å². The van der Waals surface area contributed by atoms with E-state index in [0.29, 0.717) is 0 Å². The third-order valence-electron chi connectivity index (χ3n) is 1.17. The molecule has 0 saturated heterocycles. The van der Waals surface area contributed by atoms with Gasteiger partial charge in [-0.15, -0.1) is 12.8 Å². The summed E-state index contributed by atoms with van der Waals surface area (Å²) in [4.78, 5) is 0. The predicted molar refractivity (Wildman–Crippen MR) is 65.8 cm³/mol. The quantitative estimate of drug-likeness (QED) is 0.378. The average molecular weight is 208 g/mol. The first kappa shape index (κ1) is 18.6. The molecule has 13 heavy (non-hydrogen) atoms. The Bertz CT molecular complexity index is 151. The topological polar surface area (TPSA) is 0 Å². The summed E-state index contributed by atoms with van der Waals surface area (Å²) in [7, 11) is 0. The molecular formula is C10H18B2Ti. The molecule has 0 aromatic heterocycles. The summed E-state index contributed by atoms with van der Waals surface area (Å²) in [6, 6.07) is 0. The van der Waals surface area contributed by atoms with Gasteiger partial charge < -0.3 is 0 Å². The van der Waals surface area contributed by atoms with Gasteiger partial charge in [0.1, 0.15) is 0 Å². The Hall–Kier alpha value is -0.196. The van der Waals surface area contributed by atoms with Crippen molar-refractivity contribution in [3.05, 3.63) is 48.6 Å². The molecule has 0 atom stereocenters. The summed E-state index contributed by atoms with van der Waals surface area (Å²) in [6.45, 7) is 0. The van der Waals surface area contributed by atoms with Gasteiger partial charge in [-0.1, -0.05) is 16.8 Å². The first-order valence-corrected chi connectivity index (χ1v) is 3.43. The van der Waals surface area contributed by atoms with Crippen LogP contribution in [0.3, 0.4) is 0 Å². The maximum Gasteiger partial charge on any atom is 4.00 e. The van der Waals surface area contributed by atoms with Gasteiger partial charge in [0.15, 0.2) is 0 Å². The van der Waals surface area contributed by atoms with Crippen LogP contribution >= 0.6 is 0 Å². The van der Waals surface area contributed by atoms with Gasteiger partial charge in [-0.25, -0.2) is 24.3 Å². The van der Waals surface area contributed by atoms with E-state index in [2.05, 4.69) is 24.3 Å². The third kappa shape index (κ3) is 11.8. The molecule has 0 amide bonds. The molecule has 0 spiro atoms. The Morgan fingerprint density at radius 1 is 0.769 bits per heavy atom. The molecule has 68 valence electrons. The molecule has 0 bridgehead atoms. The van der Waals surface area contributed by atoms with Crippen LogP contribution in [-0.2, 0) is 21.7 Å². The number of rotatable bonds is 0. The zero-order valence-electron chi connectivity index (χ0n) is 6.38. The Morgan fingerprint density at radius 2 is 1.15 bits per heavy atom. The maximum atomic E-state index is 2.99. The summed E-state index contributed by atoms with van der Waals surface area (Å²) >= 11 is 0. The van der Waals surface area contributed by atoms with Crippen LogP contribution in [0, 0.1) is 12.2 Å². The fourth-order valence-corrected chi connectivity index (χ4v) is 0.680. The van der Waals surface area contributed by atoms with Crippen molar-refractivity contribution in [1.29, 1.82) is 0 Å². The van der Waals surface area contributed by atoms with Gasteiger partial charge in [0, 0.05) is 0 Å². The van der Waals surface area contributed by atoms with Crippen molar-refractivity contribution in [1.82, 2.24) is 0 Å². The van der Waals surface area contributed by atoms with E-state index in [-0.39, 0.29) is 38.5 Å². The molecule has 0 saturated carbocycles. The molecule has 0 fully saturated rings. The molecule has 0 N–H and O–H groups in total. The van der Waals surface area contributed by atoms with Crippen LogP contribution in [-0.4, -0.2) is 16.8 Å². The Labute approximate surface area is 99.9 Å². The van der Waals surface area contributed by atoms with Crippen LogP contribution in [0.5, 0.6) is 0 Å². The minimum Gasteiger partial charge on any atom is -0.273 e. The van der Waals surface area contributed by atoms with Crippen molar-refractivity contribution < 1.29 is 21.7 Å². The van der Waals surface area contributed by atoms with Crippen LogP contribution in [0.2, 0.25) is 0 Å². The Kier molecular flexibility index (Phi) is 20.5. The summed E-state index contributed by atoms with van der Waals surface area (Å²) in [6.07, 6.45) is 20.0. The molecule has 2 rings (SSSR count). The van der Waals surface area contributed by atoms with E-state index >= 15 is 0 Å². The van der Waals surface area contributed by atoms with Crippen LogP contribution < -0.4 is 0 Å². The van der Waals surface area contributed by atoms with Gasteiger partial charge in [0.05, 0.1) is 0 Å². The normalized spacial score (nSPS) is 13.5. The summed E-state index contributed by atoms with van der Waals surface area (Å²) in [5.41, 5.74) is 0. The zero-order chi connectivity index (χ0) is 7.07. The molecule has 3 heteroatoms. The van der Waals surface area contributed by atoms with Gasteiger partial charge in [0.25, 0.3) is 0 Å². The van der Waals surface area contributed by atoms with Crippen molar-refractivity contribution in [3.63, 3.8) is 0 Å². The maximum absolute atomic E-state index is 2.99. The van der Waals surface area contributed by atoms with E-state index in [4.69, 9.17) is 0 Å². The van der Waals surface area contributed by atoms with Crippen molar-refractivity contribution in [3.8, 4) is 0 Å². The predicted octanol–water partition coefficient (Wildman–Crippen LogP) is -0.294. The van der Waals surface area contributed by atoms with Crippen molar-refractivity contribution in [2.45, 2.75) is 12.8 Å². The molecule has 0 nitrogen and oxygen atoms in total. The Balaban J connectivity index is -0.000000125. The standard InChI is InChI=1S/2C5H5.2BH4.Ti/c2*1-2-4-5-3-1;;;/h2*1-3H,4H2;2*1H4;/q4*-1;+4. The number of hydrogen-bond donors (Lipinski definition) is 0. The van der Waals surface area contributed by atoms with Gasteiger partial charge >= 0.3 is 21.7 Å². The SMILES string of the molecule is [BH4-].[BH4-].[C-]1=CC=CC1.[C-]1=CC=CC1.[Ti+4]. The molecule has 0 heterocycles. The molecule has 0 aliphatic heterocycles. The smallest absolute Gasteiger partial charge is 0.273 e. The summed E-state index contributed by atoms with van der Waals surface area (Å²) in [5, 5.41) is 0. The minimum atomic E-state index is 0. The average Bonchev–Trinajstić information content (AvgIpc) is 2.67. The van der Waals surface area contributed by atoms with Crippen molar-refractivity contribution in [2.75, 3.05) is 0 Å². The molecule has 2 aliphatic carbocycles. The van der Waals surface area contributed by atoms with E-state index in [9.17, 15) is 0 Å². The Morgan fingerprint density at radius 3 is 1.23 bits per heavy atom. The molecular weight excluding hydrogens is 190 g/mol. The van der Waals surface area contributed by atoms with Gasteiger partial charge in [-0.3, -0.25) is 12.2 Å². The fourth-order valence-electron chi connectivity index (χ4n) is 0.680. The van der Waals surface area contributed by atoms with E-state index in [0.717, 1.165) is 12.8 Å². The number of allylic oxidation sites excluding steroid dienone is 8. The first-order chi connectivity index (χ1) is 5.00. The summed E-state index contributed by atoms with van der Waals surface area (Å²) < 4.78 is 0. The van der Waals surface area contributed by atoms with E-state index in [1.54, 1.807) is 0 Å². The van der Waals surface area contributed by atoms with Gasteiger partial charge in [-0.05, 0) is 0 Å². The van der Waals surface area contributed by atoms with E-state index in [1.165, 1.54) is 0 Å². The molecule has 0 unspecified atom stereocenters. The van der Waals surface area contributed by atoms with E-state index < -0.39 is 0 Å². The molecule has 2 aliphatic rings. The molecule has 0 aromatic rings. The second-order valence-electron chi connectivity index (χ2n) is 2.01. The zero-order valence-corrected chi connectivity index (χ0v) is 7.94. The number of hydrogen-bond acceptors (Lipinski definition) is 0. The van der Waals surface area contributed by atoms with Gasteiger partial charge in [0.2, 0.25) is 0 Å². The monoisotopic (exact) mass is 208 g/mol. The van der Waals surface area contributed by atoms with Crippen molar-refractivity contribution in [2.24, 2.45) is 0 Å². The largest absolute Gasteiger partial charge is 4.00 e. The molecule has 0 radical (unpaired) electrons. The van der Waals surface area contributed by atoms with Crippen LogP contribution in [0.15, 0.2) is 36.5 Å². The second-order valence-corrected chi connectivity index (χ2v) is 2.01. The van der Waals surface area contributed by atoms with Crippen LogP contribution in [0.4, 0.5) is 0 Å². The fraction of sp³-hybridized carbons (Fsp3) is 0.200. The van der Waals surface area contributed by atoms with E-state index in [1.807, 2.05) is 24.3 Å². The van der Waals surface area contributed by atoms with Crippen molar-refractivity contribution >= 4 is 16.8 Å². The van der Waals surface area contributed by atoms with Gasteiger partial charge in [-0.2, -0.15) is 12.2 Å².